The summed E-state index contributed by atoms with van der Waals surface area (Å²) < 4.78 is 26.7. The Labute approximate surface area is 147 Å². The molecule has 1 fully saturated rings. The molecule has 0 aromatic heterocycles. The lowest BCUT2D eigenvalue weighted by atomic mass is 10.3. The topological polar surface area (TPSA) is 78.5 Å². The van der Waals surface area contributed by atoms with Crippen LogP contribution in [0.25, 0.3) is 0 Å². The highest BCUT2D eigenvalue weighted by Crippen LogP contribution is 2.23. The first kappa shape index (κ1) is 17.4. The minimum Gasteiger partial charge on any atom is -0.376 e. The molecule has 0 aliphatic carbocycles. The van der Waals surface area contributed by atoms with Crippen molar-refractivity contribution in [3.8, 4) is 0 Å². The minimum atomic E-state index is -3.46. The first-order valence-corrected chi connectivity index (χ1v) is 9.69. The Balaban J connectivity index is 1.63. The molecule has 1 amide bonds. The molecule has 7 heteroatoms. The summed E-state index contributed by atoms with van der Waals surface area (Å²) in [5, 5.41) is 5.75. The van der Waals surface area contributed by atoms with Crippen molar-refractivity contribution in [1.82, 2.24) is 4.31 Å². The quantitative estimate of drug-likeness (QED) is 0.831. The van der Waals surface area contributed by atoms with Crippen molar-refractivity contribution in [2.45, 2.75) is 17.7 Å². The lowest BCUT2D eigenvalue weighted by Gasteiger charge is -2.16. The van der Waals surface area contributed by atoms with Crippen molar-refractivity contribution in [3.63, 3.8) is 0 Å². The molecule has 3 rings (SSSR count). The number of carbonyl (C=O) groups is 1. The number of hydrogen-bond donors (Lipinski definition) is 2. The van der Waals surface area contributed by atoms with Crippen LogP contribution in [0.1, 0.15) is 12.8 Å². The molecule has 0 spiro atoms. The van der Waals surface area contributed by atoms with Gasteiger partial charge in [-0.3, -0.25) is 4.79 Å². The van der Waals surface area contributed by atoms with E-state index in [0.29, 0.717) is 18.8 Å². The Hall–Kier alpha value is -2.38. The van der Waals surface area contributed by atoms with Gasteiger partial charge in [-0.1, -0.05) is 24.3 Å². The number of benzene rings is 2. The highest BCUT2D eigenvalue weighted by atomic mass is 32.2. The second-order valence-corrected chi connectivity index (χ2v) is 7.84. The maximum Gasteiger partial charge on any atom is 0.243 e. The van der Waals surface area contributed by atoms with Gasteiger partial charge in [0, 0.05) is 24.5 Å². The normalized spacial score (nSPS) is 15.0. The van der Waals surface area contributed by atoms with E-state index in [1.165, 1.54) is 4.31 Å². The summed E-state index contributed by atoms with van der Waals surface area (Å²) >= 11 is 0. The zero-order valence-electron chi connectivity index (χ0n) is 13.8. The number of hydrogen-bond acceptors (Lipinski definition) is 4. The standard InChI is InChI=1S/C18H21N3O3S/c22-18(20-15-7-2-1-3-8-15)14-19-16-9-6-10-17(13-16)25(23,24)21-11-4-5-12-21/h1-3,6-10,13,19H,4-5,11-12,14H2,(H,20,22). The van der Waals surface area contributed by atoms with Crippen LogP contribution in [0.15, 0.2) is 59.5 Å². The highest BCUT2D eigenvalue weighted by Gasteiger charge is 2.27. The molecule has 1 heterocycles. The monoisotopic (exact) mass is 359 g/mol. The predicted molar refractivity (Wildman–Crippen MR) is 98.0 cm³/mol. The molecule has 2 N–H and O–H groups in total. The van der Waals surface area contributed by atoms with Gasteiger partial charge in [-0.05, 0) is 43.2 Å². The maximum absolute atomic E-state index is 12.6. The first-order chi connectivity index (χ1) is 12.1. The second-order valence-electron chi connectivity index (χ2n) is 5.91. The third kappa shape index (κ3) is 4.37. The molecular formula is C18H21N3O3S. The van der Waals surface area contributed by atoms with Gasteiger partial charge in [0.05, 0.1) is 11.4 Å². The Kier molecular flexibility index (Phi) is 5.35. The maximum atomic E-state index is 12.6. The molecule has 0 saturated carbocycles. The molecule has 6 nitrogen and oxygen atoms in total. The van der Waals surface area contributed by atoms with E-state index in [0.717, 1.165) is 18.5 Å². The lowest BCUT2D eigenvalue weighted by Crippen LogP contribution is -2.28. The number of carbonyl (C=O) groups excluding carboxylic acids is 1. The number of nitrogens with zero attached hydrogens (tertiary/aromatic N) is 1. The van der Waals surface area contributed by atoms with Gasteiger partial charge in [0.2, 0.25) is 15.9 Å². The molecule has 0 radical (unpaired) electrons. The van der Waals surface area contributed by atoms with Crippen molar-refractivity contribution in [3.05, 3.63) is 54.6 Å². The van der Waals surface area contributed by atoms with E-state index in [-0.39, 0.29) is 17.3 Å². The summed E-state index contributed by atoms with van der Waals surface area (Å²) in [7, 11) is -3.46. The summed E-state index contributed by atoms with van der Waals surface area (Å²) in [5.74, 6) is -0.195. The number of rotatable bonds is 6. The average Bonchev–Trinajstić information content (AvgIpc) is 3.17. The average molecular weight is 359 g/mol. The predicted octanol–water partition coefficient (Wildman–Crippen LogP) is 2.52. The fourth-order valence-corrected chi connectivity index (χ4v) is 4.32. The third-order valence-corrected chi connectivity index (χ3v) is 5.94. The van der Waals surface area contributed by atoms with Crippen LogP contribution < -0.4 is 10.6 Å². The van der Waals surface area contributed by atoms with Crippen LogP contribution in [-0.4, -0.2) is 38.3 Å². The Morgan fingerprint density at radius 2 is 1.64 bits per heavy atom. The summed E-state index contributed by atoms with van der Waals surface area (Å²) in [6.07, 6.45) is 1.80. The van der Waals surface area contributed by atoms with Crippen LogP contribution in [0, 0.1) is 0 Å². The molecular weight excluding hydrogens is 338 g/mol. The molecule has 1 aliphatic heterocycles. The van der Waals surface area contributed by atoms with Crippen LogP contribution in [0.3, 0.4) is 0 Å². The van der Waals surface area contributed by atoms with E-state index in [9.17, 15) is 13.2 Å². The first-order valence-electron chi connectivity index (χ1n) is 8.25. The number of anilines is 2. The second kappa shape index (κ2) is 7.67. The van der Waals surface area contributed by atoms with E-state index in [4.69, 9.17) is 0 Å². The fraction of sp³-hybridized carbons (Fsp3) is 0.278. The van der Waals surface area contributed by atoms with E-state index >= 15 is 0 Å². The number of amides is 1. The van der Waals surface area contributed by atoms with Crippen LogP contribution in [0.4, 0.5) is 11.4 Å². The van der Waals surface area contributed by atoms with Crippen LogP contribution in [0.2, 0.25) is 0 Å². The zero-order chi connectivity index (χ0) is 17.7. The smallest absolute Gasteiger partial charge is 0.243 e. The van der Waals surface area contributed by atoms with Gasteiger partial charge in [0.1, 0.15) is 0 Å². The van der Waals surface area contributed by atoms with Crippen molar-refractivity contribution in [2.75, 3.05) is 30.3 Å². The van der Waals surface area contributed by atoms with Gasteiger partial charge >= 0.3 is 0 Å². The Morgan fingerprint density at radius 3 is 2.36 bits per heavy atom. The van der Waals surface area contributed by atoms with Crippen molar-refractivity contribution >= 4 is 27.3 Å². The number of para-hydroxylation sites is 1. The lowest BCUT2D eigenvalue weighted by molar-refractivity contribution is -0.114. The summed E-state index contributed by atoms with van der Waals surface area (Å²) in [4.78, 5) is 12.2. The molecule has 0 bridgehead atoms. The van der Waals surface area contributed by atoms with Crippen molar-refractivity contribution in [1.29, 1.82) is 0 Å². The molecule has 2 aromatic rings. The minimum absolute atomic E-state index is 0.0576. The SMILES string of the molecule is O=C(CNc1cccc(S(=O)(=O)N2CCCC2)c1)Nc1ccccc1. The Morgan fingerprint density at radius 1 is 0.960 bits per heavy atom. The van der Waals surface area contributed by atoms with Gasteiger partial charge in [-0.15, -0.1) is 0 Å². The summed E-state index contributed by atoms with van der Waals surface area (Å²) in [6, 6.07) is 15.8. The van der Waals surface area contributed by atoms with Crippen LogP contribution in [-0.2, 0) is 14.8 Å². The van der Waals surface area contributed by atoms with E-state index in [1.54, 1.807) is 36.4 Å². The van der Waals surface area contributed by atoms with Crippen molar-refractivity contribution in [2.24, 2.45) is 0 Å². The molecule has 2 aromatic carbocycles. The van der Waals surface area contributed by atoms with Crippen molar-refractivity contribution < 1.29 is 13.2 Å². The van der Waals surface area contributed by atoms with Gasteiger partial charge in [0.25, 0.3) is 0 Å². The van der Waals surface area contributed by atoms with Crippen LogP contribution >= 0.6 is 0 Å². The van der Waals surface area contributed by atoms with Gasteiger partial charge < -0.3 is 10.6 Å². The van der Waals surface area contributed by atoms with E-state index in [1.807, 2.05) is 18.2 Å². The van der Waals surface area contributed by atoms with Gasteiger partial charge in [-0.2, -0.15) is 4.31 Å². The van der Waals surface area contributed by atoms with E-state index in [2.05, 4.69) is 10.6 Å². The number of sulfonamides is 1. The molecule has 0 unspecified atom stereocenters. The van der Waals surface area contributed by atoms with Crippen LogP contribution in [0.5, 0.6) is 0 Å². The summed E-state index contributed by atoms with van der Waals surface area (Å²) in [5.41, 5.74) is 1.32. The van der Waals surface area contributed by atoms with Gasteiger partial charge in [-0.25, -0.2) is 8.42 Å². The van der Waals surface area contributed by atoms with E-state index < -0.39 is 10.0 Å². The molecule has 25 heavy (non-hydrogen) atoms. The molecule has 0 atom stereocenters. The third-order valence-electron chi connectivity index (χ3n) is 4.05. The summed E-state index contributed by atoms with van der Waals surface area (Å²) in [6.45, 7) is 1.20. The molecule has 132 valence electrons. The number of nitrogens with one attached hydrogen (secondary N) is 2. The molecule has 1 aliphatic rings. The molecule has 1 saturated heterocycles. The zero-order valence-corrected chi connectivity index (χ0v) is 14.6. The fourth-order valence-electron chi connectivity index (χ4n) is 2.75. The highest BCUT2D eigenvalue weighted by molar-refractivity contribution is 7.89. The van der Waals surface area contributed by atoms with Gasteiger partial charge in [0.15, 0.2) is 0 Å². The Bertz CT molecular complexity index is 832. The largest absolute Gasteiger partial charge is 0.376 e.